The molecule has 0 radical (unpaired) electrons. The smallest absolute Gasteiger partial charge is 0.251 e. The minimum Gasteiger partial charge on any atom is -0.377 e. The van der Waals surface area contributed by atoms with Crippen molar-refractivity contribution in [2.75, 3.05) is 19.7 Å². The van der Waals surface area contributed by atoms with Gasteiger partial charge in [0.05, 0.1) is 11.0 Å². The molecule has 1 amide bonds. The van der Waals surface area contributed by atoms with Gasteiger partial charge in [-0.15, -0.1) is 0 Å². The normalized spacial score (nSPS) is 16.0. The molecule has 0 bridgehead atoms. The van der Waals surface area contributed by atoms with E-state index in [0.717, 1.165) is 19.3 Å². The summed E-state index contributed by atoms with van der Waals surface area (Å²) in [5.41, 5.74) is 2.83. The summed E-state index contributed by atoms with van der Waals surface area (Å²) in [6, 6.07) is 26.5. The number of rotatable bonds is 10. The number of hydrogen-bond donors (Lipinski definition) is 2. The number of benzene rings is 3. The number of amides is 1. The fourth-order valence-corrected chi connectivity index (χ4v) is 5.27. The summed E-state index contributed by atoms with van der Waals surface area (Å²) in [6.07, 6.45) is 2.49. The molecule has 0 saturated carbocycles. The van der Waals surface area contributed by atoms with Crippen LogP contribution in [0.2, 0.25) is 0 Å². The minimum atomic E-state index is -3.64. The molecule has 0 spiro atoms. The Hall–Kier alpha value is -3.00. The van der Waals surface area contributed by atoms with Crippen molar-refractivity contribution in [3.8, 4) is 0 Å². The summed E-state index contributed by atoms with van der Waals surface area (Å²) in [4.78, 5) is 12.8. The molecule has 3 aromatic rings. The highest BCUT2D eigenvalue weighted by Crippen LogP contribution is 2.27. The van der Waals surface area contributed by atoms with E-state index in [4.69, 9.17) is 4.74 Å². The summed E-state index contributed by atoms with van der Waals surface area (Å²) in [7, 11) is -3.64. The van der Waals surface area contributed by atoms with Crippen LogP contribution in [0.4, 0.5) is 0 Å². The van der Waals surface area contributed by atoms with Crippen molar-refractivity contribution in [1.29, 1.82) is 0 Å². The predicted molar refractivity (Wildman–Crippen MR) is 132 cm³/mol. The van der Waals surface area contributed by atoms with E-state index in [-0.39, 0.29) is 29.4 Å². The number of hydrogen-bond acceptors (Lipinski definition) is 4. The molecule has 0 aromatic heterocycles. The maximum atomic E-state index is 12.7. The first-order valence-electron chi connectivity index (χ1n) is 11.6. The summed E-state index contributed by atoms with van der Waals surface area (Å²) in [6.45, 7) is 1.43. The molecule has 6 nitrogen and oxygen atoms in total. The Balaban J connectivity index is 1.34. The molecule has 1 heterocycles. The van der Waals surface area contributed by atoms with E-state index >= 15 is 0 Å². The summed E-state index contributed by atoms with van der Waals surface area (Å²) in [5.74, 6) is -0.0544. The van der Waals surface area contributed by atoms with Crippen molar-refractivity contribution in [3.05, 3.63) is 102 Å². The highest BCUT2D eigenvalue weighted by molar-refractivity contribution is 7.89. The van der Waals surface area contributed by atoms with Crippen LogP contribution in [0.1, 0.15) is 46.7 Å². The van der Waals surface area contributed by atoms with Crippen molar-refractivity contribution in [2.24, 2.45) is 0 Å². The second-order valence-electron chi connectivity index (χ2n) is 8.43. The number of carbonyl (C=O) groups is 1. The van der Waals surface area contributed by atoms with E-state index in [2.05, 4.69) is 34.3 Å². The predicted octanol–water partition coefficient (Wildman–Crippen LogP) is 4.10. The van der Waals surface area contributed by atoms with Crippen LogP contribution in [-0.2, 0) is 14.8 Å². The Kier molecular flexibility index (Phi) is 8.11. The quantitative estimate of drug-likeness (QED) is 0.460. The molecule has 2 N–H and O–H groups in total. The lowest BCUT2D eigenvalue weighted by atomic mass is 9.88. The maximum absolute atomic E-state index is 12.7. The number of carbonyl (C=O) groups excluding carboxylic acids is 1. The monoisotopic (exact) mass is 478 g/mol. The first kappa shape index (κ1) is 24.1. The van der Waals surface area contributed by atoms with Crippen LogP contribution in [0.25, 0.3) is 0 Å². The third-order valence-corrected chi connectivity index (χ3v) is 7.51. The van der Waals surface area contributed by atoms with Gasteiger partial charge in [0.2, 0.25) is 10.0 Å². The molecule has 4 rings (SSSR count). The zero-order chi connectivity index (χ0) is 23.8. The minimum absolute atomic E-state index is 0.0737. The second kappa shape index (κ2) is 11.4. The fourth-order valence-electron chi connectivity index (χ4n) is 4.21. The van der Waals surface area contributed by atoms with Gasteiger partial charge in [-0.25, -0.2) is 13.1 Å². The van der Waals surface area contributed by atoms with Gasteiger partial charge in [-0.05, 0) is 54.7 Å². The van der Waals surface area contributed by atoms with Gasteiger partial charge in [-0.3, -0.25) is 4.79 Å². The van der Waals surface area contributed by atoms with Gasteiger partial charge in [0.25, 0.3) is 5.91 Å². The Morgan fingerprint density at radius 2 is 1.53 bits per heavy atom. The molecular formula is C27H30N2O4S. The molecular weight excluding hydrogens is 448 g/mol. The topological polar surface area (TPSA) is 84.5 Å². The van der Waals surface area contributed by atoms with Crippen LogP contribution >= 0.6 is 0 Å². The Morgan fingerprint density at radius 3 is 2.09 bits per heavy atom. The van der Waals surface area contributed by atoms with Crippen LogP contribution in [0.15, 0.2) is 89.8 Å². The Morgan fingerprint density at radius 1 is 0.912 bits per heavy atom. The fraction of sp³-hybridized carbons (Fsp3) is 0.296. The lowest BCUT2D eigenvalue weighted by Crippen LogP contribution is -2.32. The number of sulfonamides is 1. The molecule has 0 aliphatic carbocycles. The van der Waals surface area contributed by atoms with Crippen LogP contribution in [-0.4, -0.2) is 40.1 Å². The first-order valence-corrected chi connectivity index (χ1v) is 13.1. The molecule has 0 unspecified atom stereocenters. The van der Waals surface area contributed by atoms with Crippen molar-refractivity contribution in [1.82, 2.24) is 10.0 Å². The first-order chi connectivity index (χ1) is 16.5. The Labute approximate surface area is 201 Å². The van der Waals surface area contributed by atoms with Crippen LogP contribution in [0.3, 0.4) is 0 Å². The zero-order valence-corrected chi connectivity index (χ0v) is 19.8. The summed E-state index contributed by atoms with van der Waals surface area (Å²) in [5, 5.41) is 2.97. The molecule has 1 fully saturated rings. The number of ether oxygens (including phenoxy) is 1. The van der Waals surface area contributed by atoms with E-state index in [1.54, 1.807) is 12.1 Å². The molecule has 7 heteroatoms. The van der Waals surface area contributed by atoms with E-state index in [0.29, 0.717) is 18.7 Å². The highest BCUT2D eigenvalue weighted by atomic mass is 32.2. The highest BCUT2D eigenvalue weighted by Gasteiger charge is 2.21. The molecule has 1 aliphatic rings. The van der Waals surface area contributed by atoms with Gasteiger partial charge in [-0.1, -0.05) is 60.7 Å². The lowest BCUT2D eigenvalue weighted by Gasteiger charge is -2.18. The van der Waals surface area contributed by atoms with Crippen LogP contribution in [0.5, 0.6) is 0 Å². The summed E-state index contributed by atoms with van der Waals surface area (Å²) >= 11 is 0. The van der Waals surface area contributed by atoms with E-state index in [1.165, 1.54) is 23.3 Å². The van der Waals surface area contributed by atoms with Crippen molar-refractivity contribution in [3.63, 3.8) is 0 Å². The average Bonchev–Trinajstić information content (AvgIpc) is 3.40. The van der Waals surface area contributed by atoms with Crippen molar-refractivity contribution in [2.45, 2.75) is 36.2 Å². The van der Waals surface area contributed by atoms with Crippen molar-refractivity contribution >= 4 is 15.9 Å². The SMILES string of the molecule is O=C(NCCC(c1ccccc1)c1ccccc1)c1ccc(S(=O)(=O)NC[C@@H]2CCCO2)cc1. The Bertz CT molecular complexity index is 1120. The largest absolute Gasteiger partial charge is 0.377 e. The average molecular weight is 479 g/mol. The van der Waals surface area contributed by atoms with Gasteiger partial charge >= 0.3 is 0 Å². The van der Waals surface area contributed by atoms with Crippen molar-refractivity contribution < 1.29 is 17.9 Å². The molecule has 34 heavy (non-hydrogen) atoms. The molecule has 1 aliphatic heterocycles. The van der Waals surface area contributed by atoms with Gasteiger partial charge < -0.3 is 10.1 Å². The van der Waals surface area contributed by atoms with E-state index in [9.17, 15) is 13.2 Å². The van der Waals surface area contributed by atoms with E-state index < -0.39 is 10.0 Å². The number of nitrogens with one attached hydrogen (secondary N) is 2. The third kappa shape index (κ3) is 6.32. The standard InChI is InChI=1S/C27H30N2O4S/c30-27(23-13-15-25(16-14-23)34(31,32)29-20-24-12-7-19-33-24)28-18-17-26(21-8-3-1-4-9-21)22-10-5-2-6-11-22/h1-6,8-11,13-16,24,26,29H,7,12,17-20H2,(H,28,30)/t24-/m0/s1. The zero-order valence-electron chi connectivity index (χ0n) is 19.0. The third-order valence-electron chi connectivity index (χ3n) is 6.07. The molecule has 1 atom stereocenters. The second-order valence-corrected chi connectivity index (χ2v) is 10.2. The molecule has 1 saturated heterocycles. The van der Waals surface area contributed by atoms with Gasteiger partial charge in [-0.2, -0.15) is 0 Å². The molecule has 3 aromatic carbocycles. The lowest BCUT2D eigenvalue weighted by molar-refractivity contribution is 0.0952. The maximum Gasteiger partial charge on any atom is 0.251 e. The van der Waals surface area contributed by atoms with Gasteiger partial charge in [0.15, 0.2) is 0 Å². The van der Waals surface area contributed by atoms with Gasteiger partial charge in [0, 0.05) is 31.2 Å². The van der Waals surface area contributed by atoms with Gasteiger partial charge in [0.1, 0.15) is 0 Å². The molecule has 178 valence electrons. The van der Waals surface area contributed by atoms with E-state index in [1.807, 2.05) is 36.4 Å². The van der Waals surface area contributed by atoms with Crippen LogP contribution in [0, 0.1) is 0 Å². The summed E-state index contributed by atoms with van der Waals surface area (Å²) < 4.78 is 33.1. The van der Waals surface area contributed by atoms with Crippen LogP contribution < -0.4 is 10.0 Å².